The Kier molecular flexibility index (Phi) is 10.1. The maximum absolute atomic E-state index is 14.6. The van der Waals surface area contributed by atoms with Crippen molar-refractivity contribution in [3.63, 3.8) is 0 Å². The van der Waals surface area contributed by atoms with Gasteiger partial charge in [0.15, 0.2) is 0 Å². The van der Waals surface area contributed by atoms with Gasteiger partial charge in [-0.3, -0.25) is 14.4 Å². The lowest BCUT2D eigenvalue weighted by Gasteiger charge is -2.39. The number of aliphatic hydroxyl groups is 1. The number of hydrogen-bond donors (Lipinski definition) is 1. The minimum atomic E-state index is -1.18. The van der Waals surface area contributed by atoms with E-state index in [1.807, 2.05) is 43.3 Å². The van der Waals surface area contributed by atoms with Gasteiger partial charge in [0.05, 0.1) is 30.8 Å². The Balaban J connectivity index is 1.77. The Morgan fingerprint density at radius 3 is 2.56 bits per heavy atom. The summed E-state index contributed by atoms with van der Waals surface area (Å²) in [6.07, 6.45) is 9.22. The molecule has 0 radical (unpaired) electrons. The molecule has 3 saturated heterocycles. The Morgan fingerprint density at radius 2 is 1.93 bits per heavy atom. The molecule has 8 nitrogen and oxygen atoms in total. The number of carbonyl (C=O) groups is 3. The predicted octanol–water partition coefficient (Wildman–Crippen LogP) is 4.59. The molecule has 2 unspecified atom stereocenters. The van der Waals surface area contributed by atoms with Gasteiger partial charge >= 0.3 is 5.97 Å². The third kappa shape index (κ3) is 5.48. The number of ether oxygens (including phenoxy) is 2. The molecule has 6 atom stereocenters. The maximum Gasteiger partial charge on any atom is 0.312 e. The number of hydrogen-bond acceptors (Lipinski definition) is 6. The van der Waals surface area contributed by atoms with Crippen molar-refractivity contribution in [1.82, 2.24) is 9.80 Å². The number of esters is 1. The number of benzene rings is 1. The SMILES string of the molecule is C=CCCCCOC(=O)[C@@H]1[C@H]2C(=O)N([C@H](CO)c3ccccc3)C(C(=O)N(CC=C)CCCC)C23CC[C@@]1(CC)O3. The van der Waals surface area contributed by atoms with E-state index < -0.39 is 41.1 Å². The Labute approximate surface area is 244 Å². The zero-order valence-corrected chi connectivity index (χ0v) is 24.6. The van der Waals surface area contributed by atoms with E-state index in [1.54, 1.807) is 11.0 Å². The number of allylic oxidation sites excluding steroid dienone is 1. The topological polar surface area (TPSA) is 96.4 Å². The minimum Gasteiger partial charge on any atom is -0.465 e. The summed E-state index contributed by atoms with van der Waals surface area (Å²) in [5.41, 5.74) is -1.32. The van der Waals surface area contributed by atoms with Crippen molar-refractivity contribution in [2.75, 3.05) is 26.3 Å². The van der Waals surface area contributed by atoms with Crippen molar-refractivity contribution in [2.45, 2.75) is 88.5 Å². The lowest BCUT2D eigenvalue weighted by Crippen LogP contribution is -2.57. The van der Waals surface area contributed by atoms with E-state index in [4.69, 9.17) is 9.47 Å². The van der Waals surface area contributed by atoms with Crippen LogP contribution < -0.4 is 0 Å². The van der Waals surface area contributed by atoms with Crippen molar-refractivity contribution in [3.05, 3.63) is 61.2 Å². The summed E-state index contributed by atoms with van der Waals surface area (Å²) < 4.78 is 12.6. The molecule has 41 heavy (non-hydrogen) atoms. The molecular formula is C33H46N2O6. The lowest BCUT2D eigenvalue weighted by atomic mass is 9.65. The van der Waals surface area contributed by atoms with E-state index in [9.17, 15) is 19.5 Å². The van der Waals surface area contributed by atoms with E-state index in [2.05, 4.69) is 20.1 Å². The number of likely N-dealkylation sites (tertiary alicyclic amines) is 1. The summed E-state index contributed by atoms with van der Waals surface area (Å²) in [6.45, 7) is 12.4. The van der Waals surface area contributed by atoms with Crippen LogP contribution in [-0.4, -0.2) is 76.2 Å². The molecule has 3 aliphatic heterocycles. The van der Waals surface area contributed by atoms with Gasteiger partial charge in [-0.15, -0.1) is 13.2 Å². The van der Waals surface area contributed by atoms with Gasteiger partial charge in [-0.1, -0.05) is 62.8 Å². The van der Waals surface area contributed by atoms with Crippen LogP contribution in [0.1, 0.15) is 76.8 Å². The number of aliphatic hydroxyl groups excluding tert-OH is 1. The van der Waals surface area contributed by atoms with Crippen LogP contribution in [0.5, 0.6) is 0 Å². The molecule has 2 amide bonds. The van der Waals surface area contributed by atoms with Gasteiger partial charge in [-0.05, 0) is 50.5 Å². The van der Waals surface area contributed by atoms with E-state index in [0.717, 1.165) is 31.2 Å². The fraction of sp³-hybridized carbons (Fsp3) is 0.606. The first kappa shape index (κ1) is 31.0. The van der Waals surface area contributed by atoms with Gasteiger partial charge in [0.2, 0.25) is 11.8 Å². The standard InChI is InChI=1S/C33H46N2O6/c1-5-9-11-15-22-40-31(39)27-26-29(37)35(25(23-36)24-16-13-12-14-17-24)28(30(38)34(20-7-3)21-10-6-2)33(26)19-18-32(27,8-4)41-33/h5,7,12-14,16-17,25-28,36H,1,3,6,8-11,15,18-23H2,2,4H3/t25-,26+,27+,28?,32-,33?/m1/s1. The summed E-state index contributed by atoms with van der Waals surface area (Å²) in [5, 5.41) is 10.7. The number of unbranched alkanes of at least 4 members (excludes halogenated alkanes) is 3. The quantitative estimate of drug-likeness (QED) is 0.179. The first-order valence-corrected chi connectivity index (χ1v) is 15.2. The average Bonchev–Trinajstić information content (AvgIpc) is 3.59. The molecule has 0 aromatic heterocycles. The van der Waals surface area contributed by atoms with Gasteiger partial charge in [-0.25, -0.2) is 0 Å². The van der Waals surface area contributed by atoms with Crippen molar-refractivity contribution in [2.24, 2.45) is 11.8 Å². The summed E-state index contributed by atoms with van der Waals surface area (Å²) in [7, 11) is 0. The van der Waals surface area contributed by atoms with Crippen LogP contribution in [0.25, 0.3) is 0 Å². The number of nitrogens with zero attached hydrogens (tertiary/aromatic N) is 2. The van der Waals surface area contributed by atoms with Crippen LogP contribution >= 0.6 is 0 Å². The number of fused-ring (bicyclic) bond motifs is 1. The molecule has 2 bridgehead atoms. The molecule has 3 fully saturated rings. The molecule has 0 saturated carbocycles. The fourth-order valence-corrected chi connectivity index (χ4v) is 7.28. The maximum atomic E-state index is 14.6. The normalized spacial score (nSPS) is 28.8. The van der Waals surface area contributed by atoms with Crippen molar-refractivity contribution in [1.29, 1.82) is 0 Å². The highest BCUT2D eigenvalue weighted by Crippen LogP contribution is 2.65. The molecule has 1 N–H and O–H groups in total. The van der Waals surface area contributed by atoms with Gasteiger partial charge in [-0.2, -0.15) is 0 Å². The highest BCUT2D eigenvalue weighted by molar-refractivity contribution is 5.99. The third-order valence-corrected chi connectivity index (χ3v) is 9.29. The zero-order chi connectivity index (χ0) is 29.6. The number of amides is 2. The molecule has 4 rings (SSSR count). The highest BCUT2D eigenvalue weighted by Gasteiger charge is 2.79. The Bertz CT molecular complexity index is 1110. The van der Waals surface area contributed by atoms with Crippen LogP contribution in [0.4, 0.5) is 0 Å². The molecule has 3 heterocycles. The molecule has 1 aromatic carbocycles. The summed E-state index contributed by atoms with van der Waals surface area (Å²) >= 11 is 0. The molecule has 0 aliphatic carbocycles. The molecule has 1 spiro atoms. The second-order valence-corrected chi connectivity index (χ2v) is 11.6. The molecule has 1 aromatic rings. The van der Waals surface area contributed by atoms with E-state index in [-0.39, 0.29) is 25.0 Å². The smallest absolute Gasteiger partial charge is 0.312 e. The van der Waals surface area contributed by atoms with Crippen molar-refractivity contribution >= 4 is 17.8 Å². The lowest BCUT2D eigenvalue weighted by molar-refractivity contribution is -0.163. The van der Waals surface area contributed by atoms with Gasteiger partial charge in [0, 0.05) is 13.1 Å². The molecule has 224 valence electrons. The van der Waals surface area contributed by atoms with Crippen LogP contribution in [0.2, 0.25) is 0 Å². The Morgan fingerprint density at radius 1 is 1.17 bits per heavy atom. The second-order valence-electron chi connectivity index (χ2n) is 11.6. The van der Waals surface area contributed by atoms with Crippen LogP contribution in [0.15, 0.2) is 55.6 Å². The Hall–Kier alpha value is -2.97. The molecule has 3 aliphatic rings. The first-order chi connectivity index (χ1) is 19.9. The highest BCUT2D eigenvalue weighted by atomic mass is 16.6. The van der Waals surface area contributed by atoms with Crippen LogP contribution in [0, 0.1) is 11.8 Å². The van der Waals surface area contributed by atoms with Crippen LogP contribution in [-0.2, 0) is 23.9 Å². The predicted molar refractivity (Wildman–Crippen MR) is 157 cm³/mol. The van der Waals surface area contributed by atoms with Crippen molar-refractivity contribution < 1.29 is 29.0 Å². The summed E-state index contributed by atoms with van der Waals surface area (Å²) in [6, 6.07) is 7.52. The van der Waals surface area contributed by atoms with Gasteiger partial charge in [0.25, 0.3) is 0 Å². The second kappa shape index (κ2) is 13.3. The van der Waals surface area contributed by atoms with Gasteiger partial charge in [0.1, 0.15) is 17.6 Å². The zero-order valence-electron chi connectivity index (χ0n) is 24.6. The monoisotopic (exact) mass is 566 g/mol. The van der Waals surface area contributed by atoms with Gasteiger partial charge < -0.3 is 24.4 Å². The van der Waals surface area contributed by atoms with E-state index >= 15 is 0 Å². The minimum absolute atomic E-state index is 0.228. The third-order valence-electron chi connectivity index (χ3n) is 9.29. The largest absolute Gasteiger partial charge is 0.465 e. The molecule has 8 heteroatoms. The number of rotatable bonds is 16. The van der Waals surface area contributed by atoms with Crippen molar-refractivity contribution in [3.8, 4) is 0 Å². The summed E-state index contributed by atoms with van der Waals surface area (Å²) in [4.78, 5) is 46.1. The summed E-state index contributed by atoms with van der Waals surface area (Å²) in [5.74, 6) is -2.67. The molecular weight excluding hydrogens is 520 g/mol. The fourth-order valence-electron chi connectivity index (χ4n) is 7.28. The van der Waals surface area contributed by atoms with E-state index in [0.29, 0.717) is 38.8 Å². The average molecular weight is 567 g/mol. The first-order valence-electron chi connectivity index (χ1n) is 15.2. The van der Waals surface area contributed by atoms with E-state index in [1.165, 1.54) is 4.90 Å². The number of carbonyl (C=O) groups excluding carboxylic acids is 3. The van der Waals surface area contributed by atoms with Crippen LogP contribution in [0.3, 0.4) is 0 Å².